The summed E-state index contributed by atoms with van der Waals surface area (Å²) >= 11 is 0. The molecule has 1 atom stereocenters. The van der Waals surface area contributed by atoms with Crippen LogP contribution >= 0.6 is 0 Å². The van der Waals surface area contributed by atoms with Crippen LogP contribution in [0, 0.1) is 25.2 Å². The molecule has 0 unspecified atom stereocenters. The van der Waals surface area contributed by atoms with Crippen molar-refractivity contribution >= 4 is 17.4 Å². The third-order valence-electron chi connectivity index (χ3n) is 4.00. The van der Waals surface area contributed by atoms with Crippen LogP contribution in [0.2, 0.25) is 0 Å². The Bertz CT molecular complexity index is 801. The van der Waals surface area contributed by atoms with Gasteiger partial charge in [-0.2, -0.15) is 5.26 Å². The molecule has 0 aromatic heterocycles. The SMILES string of the molecule is CCc1cccc(C)c1NC(=O)C(=O)[C@H](C#N)c1ccc(C)cc1. The third-order valence-corrected chi connectivity index (χ3v) is 4.00. The Labute approximate surface area is 142 Å². The standard InChI is InChI=1S/C20H20N2O2/c1-4-15-7-5-6-14(3)18(15)22-20(24)19(23)17(12-21)16-10-8-13(2)9-11-16/h5-11,17H,4H2,1-3H3,(H,22,24)/t17-/m1/s1. The number of carbonyl (C=O) groups excluding carboxylic acids is 2. The van der Waals surface area contributed by atoms with Crippen LogP contribution in [0.1, 0.15) is 35.1 Å². The van der Waals surface area contributed by atoms with Crippen molar-refractivity contribution in [3.8, 4) is 6.07 Å². The predicted molar refractivity (Wildman–Crippen MR) is 93.7 cm³/mol. The molecule has 0 heterocycles. The van der Waals surface area contributed by atoms with E-state index in [1.165, 1.54) is 0 Å². The molecule has 0 fully saturated rings. The molecule has 2 rings (SSSR count). The summed E-state index contributed by atoms with van der Waals surface area (Å²) in [5.41, 5.74) is 4.06. The van der Waals surface area contributed by atoms with Crippen LogP contribution in [0.3, 0.4) is 0 Å². The highest BCUT2D eigenvalue weighted by Gasteiger charge is 2.27. The normalized spacial score (nSPS) is 11.4. The lowest BCUT2D eigenvalue weighted by atomic mass is 9.94. The van der Waals surface area contributed by atoms with Crippen LogP contribution < -0.4 is 5.32 Å². The van der Waals surface area contributed by atoms with Gasteiger partial charge in [0.05, 0.1) is 6.07 Å². The molecular weight excluding hydrogens is 300 g/mol. The van der Waals surface area contributed by atoms with Crippen molar-refractivity contribution in [2.75, 3.05) is 5.32 Å². The smallest absolute Gasteiger partial charge is 0.293 e. The zero-order valence-electron chi connectivity index (χ0n) is 14.1. The molecule has 122 valence electrons. The van der Waals surface area contributed by atoms with Crippen molar-refractivity contribution in [1.82, 2.24) is 0 Å². The van der Waals surface area contributed by atoms with Crippen LogP contribution in [0.15, 0.2) is 42.5 Å². The minimum absolute atomic E-state index is 0.531. The fraction of sp³-hybridized carbons (Fsp3) is 0.250. The van der Waals surface area contributed by atoms with Gasteiger partial charge >= 0.3 is 0 Å². The Hall–Kier alpha value is -2.93. The van der Waals surface area contributed by atoms with Gasteiger partial charge in [0.15, 0.2) is 0 Å². The minimum Gasteiger partial charge on any atom is -0.319 e. The first-order chi connectivity index (χ1) is 11.5. The lowest BCUT2D eigenvalue weighted by molar-refractivity contribution is -0.135. The number of hydrogen-bond acceptors (Lipinski definition) is 3. The average molecular weight is 320 g/mol. The van der Waals surface area contributed by atoms with Crippen molar-refractivity contribution in [1.29, 1.82) is 5.26 Å². The van der Waals surface area contributed by atoms with E-state index in [-0.39, 0.29) is 0 Å². The number of amides is 1. The van der Waals surface area contributed by atoms with Crippen LogP contribution in [0.5, 0.6) is 0 Å². The summed E-state index contributed by atoms with van der Waals surface area (Å²) in [6.45, 7) is 5.78. The highest BCUT2D eigenvalue weighted by atomic mass is 16.2. The second-order valence-corrected chi connectivity index (χ2v) is 5.75. The fourth-order valence-electron chi connectivity index (χ4n) is 2.55. The van der Waals surface area contributed by atoms with Crippen LogP contribution in [-0.4, -0.2) is 11.7 Å². The van der Waals surface area contributed by atoms with Gasteiger partial charge in [0.2, 0.25) is 5.78 Å². The maximum Gasteiger partial charge on any atom is 0.293 e. The molecule has 0 aliphatic carbocycles. The van der Waals surface area contributed by atoms with Crippen molar-refractivity contribution < 1.29 is 9.59 Å². The van der Waals surface area contributed by atoms with Crippen LogP contribution in [0.25, 0.3) is 0 Å². The molecule has 0 saturated heterocycles. The molecule has 0 bridgehead atoms. The van der Waals surface area contributed by atoms with Crippen LogP contribution in [-0.2, 0) is 16.0 Å². The maximum absolute atomic E-state index is 12.4. The predicted octanol–water partition coefficient (Wildman–Crippen LogP) is 3.68. The van der Waals surface area contributed by atoms with Crippen molar-refractivity contribution in [2.24, 2.45) is 0 Å². The topological polar surface area (TPSA) is 70.0 Å². The molecule has 0 radical (unpaired) electrons. The number of aryl methyl sites for hydroxylation is 3. The van der Waals surface area contributed by atoms with Crippen molar-refractivity contribution in [3.63, 3.8) is 0 Å². The molecule has 2 aromatic rings. The van der Waals surface area contributed by atoms with Gasteiger partial charge in [-0.1, -0.05) is 55.0 Å². The number of anilines is 1. The highest BCUT2D eigenvalue weighted by molar-refractivity contribution is 6.43. The molecular formula is C20H20N2O2. The second kappa shape index (κ2) is 7.56. The van der Waals surface area contributed by atoms with E-state index >= 15 is 0 Å². The van der Waals surface area contributed by atoms with Gasteiger partial charge in [-0.3, -0.25) is 9.59 Å². The average Bonchev–Trinajstić information content (AvgIpc) is 2.58. The minimum atomic E-state index is -1.10. The molecule has 1 amide bonds. The van der Waals surface area contributed by atoms with Gasteiger partial charge in [-0.05, 0) is 37.0 Å². The van der Waals surface area contributed by atoms with Crippen LogP contribution in [0.4, 0.5) is 5.69 Å². The number of Topliss-reactive ketones (excluding diaryl/α,β-unsaturated/α-hetero) is 1. The lowest BCUT2D eigenvalue weighted by Gasteiger charge is -2.14. The second-order valence-electron chi connectivity index (χ2n) is 5.75. The van der Waals surface area contributed by atoms with E-state index in [9.17, 15) is 14.9 Å². The molecule has 24 heavy (non-hydrogen) atoms. The molecule has 4 heteroatoms. The number of rotatable bonds is 5. The number of nitrogens with one attached hydrogen (secondary N) is 1. The van der Waals surface area contributed by atoms with E-state index < -0.39 is 17.6 Å². The molecule has 2 aromatic carbocycles. The Morgan fingerprint density at radius 2 is 1.79 bits per heavy atom. The molecule has 4 nitrogen and oxygen atoms in total. The number of benzene rings is 2. The van der Waals surface area contributed by atoms with Gasteiger partial charge in [0, 0.05) is 5.69 Å². The summed E-state index contributed by atoms with van der Waals surface area (Å²) in [5.74, 6) is -2.60. The fourth-order valence-corrected chi connectivity index (χ4v) is 2.55. The third kappa shape index (κ3) is 3.69. The zero-order chi connectivity index (χ0) is 17.7. The molecule has 0 saturated carbocycles. The largest absolute Gasteiger partial charge is 0.319 e. The lowest BCUT2D eigenvalue weighted by Crippen LogP contribution is -2.28. The monoisotopic (exact) mass is 320 g/mol. The number of ketones is 1. The summed E-state index contributed by atoms with van der Waals surface area (Å²) in [6.07, 6.45) is 0.741. The summed E-state index contributed by atoms with van der Waals surface area (Å²) in [7, 11) is 0. The summed E-state index contributed by atoms with van der Waals surface area (Å²) in [6, 6.07) is 14.7. The Morgan fingerprint density at radius 1 is 1.12 bits per heavy atom. The van der Waals surface area contributed by atoms with E-state index in [0.29, 0.717) is 11.3 Å². The zero-order valence-corrected chi connectivity index (χ0v) is 14.1. The maximum atomic E-state index is 12.4. The molecule has 0 aliphatic rings. The van der Waals surface area contributed by atoms with Gasteiger partial charge < -0.3 is 5.32 Å². The quantitative estimate of drug-likeness (QED) is 0.854. The Morgan fingerprint density at radius 3 is 2.38 bits per heavy atom. The van der Waals surface area contributed by atoms with E-state index in [4.69, 9.17) is 0 Å². The van der Waals surface area contributed by atoms with Gasteiger partial charge in [0.1, 0.15) is 5.92 Å². The van der Waals surface area contributed by atoms with E-state index in [2.05, 4.69) is 5.32 Å². The van der Waals surface area contributed by atoms with Gasteiger partial charge in [-0.15, -0.1) is 0 Å². The first-order valence-corrected chi connectivity index (χ1v) is 7.87. The Balaban J connectivity index is 2.24. The first-order valence-electron chi connectivity index (χ1n) is 7.87. The Kier molecular flexibility index (Phi) is 5.49. The summed E-state index contributed by atoms with van der Waals surface area (Å²) in [4.78, 5) is 24.8. The number of nitrogens with zero attached hydrogens (tertiary/aromatic N) is 1. The summed E-state index contributed by atoms with van der Waals surface area (Å²) < 4.78 is 0. The molecule has 0 spiro atoms. The van der Waals surface area contributed by atoms with E-state index in [1.807, 2.05) is 57.2 Å². The number of para-hydroxylation sites is 1. The van der Waals surface area contributed by atoms with E-state index in [0.717, 1.165) is 23.1 Å². The number of carbonyl (C=O) groups is 2. The summed E-state index contributed by atoms with van der Waals surface area (Å²) in [5, 5.41) is 12.0. The van der Waals surface area contributed by atoms with Gasteiger partial charge in [-0.25, -0.2) is 0 Å². The molecule has 1 N–H and O–H groups in total. The van der Waals surface area contributed by atoms with E-state index in [1.54, 1.807) is 12.1 Å². The first kappa shape index (κ1) is 17.4. The molecule has 0 aliphatic heterocycles. The van der Waals surface area contributed by atoms with Crippen molar-refractivity contribution in [3.05, 3.63) is 64.7 Å². The van der Waals surface area contributed by atoms with Gasteiger partial charge in [0.25, 0.3) is 5.91 Å². The van der Waals surface area contributed by atoms with Crippen molar-refractivity contribution in [2.45, 2.75) is 33.1 Å². The number of nitriles is 1. The number of hydrogen-bond donors (Lipinski definition) is 1. The highest BCUT2D eigenvalue weighted by Crippen LogP contribution is 2.23.